The summed E-state index contributed by atoms with van der Waals surface area (Å²) in [5.74, 6) is -1.91. The molecule has 0 spiro atoms. The van der Waals surface area contributed by atoms with Crippen molar-refractivity contribution in [2.24, 2.45) is 0 Å². The highest BCUT2D eigenvalue weighted by Gasteiger charge is 2.43. The van der Waals surface area contributed by atoms with Gasteiger partial charge in [-0.15, -0.1) is 8.78 Å². The van der Waals surface area contributed by atoms with Gasteiger partial charge in [-0.25, -0.2) is 4.39 Å². The molecule has 2 aromatic carbocycles. The van der Waals surface area contributed by atoms with E-state index in [4.69, 9.17) is 0 Å². The number of carbonyl (C=O) groups is 2. The first-order valence-corrected chi connectivity index (χ1v) is 9.66. The molecular weight excluding hydrogens is 441 g/mol. The zero-order valence-electron chi connectivity index (χ0n) is 17.1. The molecule has 3 N–H and O–H groups in total. The molecule has 8 nitrogen and oxygen atoms in total. The van der Waals surface area contributed by atoms with E-state index in [1.807, 2.05) is 0 Å². The number of rotatable bonds is 6. The third-order valence-corrected chi connectivity index (χ3v) is 4.65. The van der Waals surface area contributed by atoms with Crippen LogP contribution in [0.5, 0.6) is 11.5 Å². The minimum Gasteiger partial charge on any atom is -0.395 e. The Balaban J connectivity index is 1.50. The fourth-order valence-corrected chi connectivity index (χ4v) is 3.12. The minimum atomic E-state index is -3.77. The average molecular weight is 458 g/mol. The van der Waals surface area contributed by atoms with Crippen molar-refractivity contribution >= 4 is 23.2 Å². The lowest BCUT2D eigenvalue weighted by Gasteiger charge is -2.13. The highest BCUT2D eigenvalue weighted by Crippen LogP contribution is 2.42. The number of nitrogens with zero attached hydrogens (tertiary/aromatic N) is 1. The van der Waals surface area contributed by atoms with E-state index in [0.717, 1.165) is 12.1 Å². The van der Waals surface area contributed by atoms with Crippen molar-refractivity contribution in [2.75, 3.05) is 17.7 Å². The van der Waals surface area contributed by atoms with Crippen LogP contribution < -0.4 is 25.4 Å². The van der Waals surface area contributed by atoms with Crippen LogP contribution in [-0.2, 0) is 6.54 Å². The average Bonchev–Trinajstić information content (AvgIpc) is 3.10. The van der Waals surface area contributed by atoms with Gasteiger partial charge in [0.25, 0.3) is 11.8 Å². The fourth-order valence-electron chi connectivity index (χ4n) is 3.12. The topological polar surface area (TPSA) is 102 Å². The summed E-state index contributed by atoms with van der Waals surface area (Å²) in [5, 5.41) is 8.00. The summed E-state index contributed by atoms with van der Waals surface area (Å²) in [5.41, 5.74) is 1.37. The summed E-state index contributed by atoms with van der Waals surface area (Å²) >= 11 is 0. The third-order valence-electron chi connectivity index (χ3n) is 4.65. The molecule has 170 valence electrons. The fraction of sp³-hybridized carbons (Fsp3) is 0.136. The number of halogens is 3. The summed E-state index contributed by atoms with van der Waals surface area (Å²) in [6.07, 6.45) is -2.31. The number of aromatic nitrogens is 1. The van der Waals surface area contributed by atoms with Crippen LogP contribution in [0, 0.1) is 5.82 Å². The number of amides is 2. The monoisotopic (exact) mass is 458 g/mol. The molecule has 0 radical (unpaired) electrons. The highest BCUT2D eigenvalue weighted by atomic mass is 19.3. The number of ether oxygens (including phenoxy) is 2. The number of hydrogen-bond acceptors (Lipinski definition) is 6. The van der Waals surface area contributed by atoms with Crippen molar-refractivity contribution in [3.8, 4) is 11.5 Å². The smallest absolute Gasteiger partial charge is 0.395 e. The normalized spacial score (nSPS) is 13.3. The quantitative estimate of drug-likeness (QED) is 0.520. The summed E-state index contributed by atoms with van der Waals surface area (Å²) in [4.78, 5) is 28.5. The Morgan fingerprint density at radius 1 is 1.00 bits per heavy atom. The number of fused-ring (bicyclic) bond motifs is 1. The molecule has 33 heavy (non-hydrogen) atoms. The Hall–Kier alpha value is -4.28. The lowest BCUT2D eigenvalue weighted by Crippen LogP contribution is -2.25. The summed E-state index contributed by atoms with van der Waals surface area (Å²) in [7, 11) is 1.48. The summed E-state index contributed by atoms with van der Waals surface area (Å²) < 4.78 is 49.0. The first-order valence-electron chi connectivity index (χ1n) is 9.66. The predicted octanol–water partition coefficient (Wildman–Crippen LogP) is 3.77. The Bertz CT molecular complexity index is 1240. The van der Waals surface area contributed by atoms with Gasteiger partial charge in [-0.05, 0) is 48.0 Å². The largest absolute Gasteiger partial charge is 0.586 e. The van der Waals surface area contributed by atoms with E-state index < -0.39 is 18.0 Å². The number of nitrogens with one attached hydrogen (secondary N) is 3. The van der Waals surface area contributed by atoms with Crippen molar-refractivity contribution < 1.29 is 32.2 Å². The maximum Gasteiger partial charge on any atom is 0.586 e. The SMILES string of the molecule is CNC(=O)c1cc(CNc2cc(F)ccc2C(=O)Nc2ccc3c(c2)OC(F)(F)O3)ccn1. The molecular formula is C22H17F3N4O4. The van der Waals surface area contributed by atoms with Crippen LogP contribution in [0.3, 0.4) is 0 Å². The van der Waals surface area contributed by atoms with Gasteiger partial charge >= 0.3 is 6.29 Å². The van der Waals surface area contributed by atoms with E-state index in [0.29, 0.717) is 5.56 Å². The van der Waals surface area contributed by atoms with E-state index in [2.05, 4.69) is 30.4 Å². The third kappa shape index (κ3) is 4.97. The second-order valence-corrected chi connectivity index (χ2v) is 6.96. The lowest BCUT2D eigenvalue weighted by molar-refractivity contribution is -0.286. The molecule has 11 heteroatoms. The van der Waals surface area contributed by atoms with Gasteiger partial charge in [0.15, 0.2) is 11.5 Å². The van der Waals surface area contributed by atoms with Crippen molar-refractivity contribution in [3.63, 3.8) is 0 Å². The number of hydrogen-bond donors (Lipinski definition) is 3. The standard InChI is InChI=1S/C22H17F3N4O4/c1-26-21(31)17-8-12(6-7-27-17)11-28-16-9-13(23)2-4-15(16)20(30)29-14-3-5-18-19(10-14)33-22(24,25)32-18/h2-10,28H,11H2,1H3,(H,26,31)(H,29,30). The number of alkyl halides is 2. The van der Waals surface area contributed by atoms with Gasteiger partial charge in [-0.3, -0.25) is 14.6 Å². The second-order valence-electron chi connectivity index (χ2n) is 6.96. The predicted molar refractivity (Wildman–Crippen MR) is 112 cm³/mol. The van der Waals surface area contributed by atoms with Crippen LogP contribution in [0.2, 0.25) is 0 Å². The molecule has 1 aliphatic heterocycles. The molecule has 0 fully saturated rings. The molecule has 0 unspecified atom stereocenters. The first kappa shape index (κ1) is 21.9. The molecule has 3 aromatic rings. The molecule has 2 amide bonds. The summed E-state index contributed by atoms with van der Waals surface area (Å²) in [6, 6.07) is 10.6. The van der Waals surface area contributed by atoms with Gasteiger partial charge in [-0.2, -0.15) is 0 Å². The van der Waals surface area contributed by atoms with Gasteiger partial charge in [0, 0.05) is 31.5 Å². The van der Waals surface area contributed by atoms with Crippen molar-refractivity contribution in [2.45, 2.75) is 12.8 Å². The number of anilines is 2. The van der Waals surface area contributed by atoms with Gasteiger partial charge < -0.3 is 25.4 Å². The van der Waals surface area contributed by atoms with E-state index in [1.165, 1.54) is 37.5 Å². The zero-order valence-corrected chi connectivity index (χ0v) is 17.1. The van der Waals surface area contributed by atoms with Crippen molar-refractivity contribution in [1.82, 2.24) is 10.3 Å². The second kappa shape index (κ2) is 8.69. The minimum absolute atomic E-state index is 0.111. The Morgan fingerprint density at radius 2 is 1.79 bits per heavy atom. The van der Waals surface area contributed by atoms with Gasteiger partial charge in [-0.1, -0.05) is 0 Å². The van der Waals surface area contributed by atoms with Crippen LogP contribution in [0.15, 0.2) is 54.7 Å². The van der Waals surface area contributed by atoms with E-state index in [-0.39, 0.29) is 46.6 Å². The van der Waals surface area contributed by atoms with Gasteiger partial charge in [0.05, 0.1) is 11.3 Å². The van der Waals surface area contributed by atoms with Crippen molar-refractivity contribution in [3.05, 3.63) is 77.4 Å². The molecule has 2 heterocycles. The number of pyridine rings is 1. The Kier molecular flexibility index (Phi) is 5.78. The maximum absolute atomic E-state index is 13.9. The maximum atomic E-state index is 13.9. The molecule has 0 saturated heterocycles. The molecule has 1 aliphatic rings. The van der Waals surface area contributed by atoms with Gasteiger partial charge in [0.1, 0.15) is 11.5 Å². The Morgan fingerprint density at radius 3 is 2.58 bits per heavy atom. The molecule has 1 aromatic heterocycles. The highest BCUT2D eigenvalue weighted by molar-refractivity contribution is 6.08. The first-order chi connectivity index (χ1) is 15.7. The zero-order chi connectivity index (χ0) is 23.6. The van der Waals surface area contributed by atoms with Crippen LogP contribution in [0.1, 0.15) is 26.4 Å². The Labute approximate surface area is 185 Å². The molecule has 0 saturated carbocycles. The van der Waals surface area contributed by atoms with E-state index in [9.17, 15) is 22.8 Å². The van der Waals surface area contributed by atoms with E-state index in [1.54, 1.807) is 12.1 Å². The van der Waals surface area contributed by atoms with Crippen LogP contribution in [-0.4, -0.2) is 30.1 Å². The van der Waals surface area contributed by atoms with E-state index >= 15 is 0 Å². The van der Waals surface area contributed by atoms with Gasteiger partial charge in [0.2, 0.25) is 0 Å². The van der Waals surface area contributed by atoms with Crippen LogP contribution in [0.4, 0.5) is 24.5 Å². The number of benzene rings is 2. The molecule has 0 bridgehead atoms. The van der Waals surface area contributed by atoms with Crippen LogP contribution >= 0.6 is 0 Å². The van der Waals surface area contributed by atoms with Crippen LogP contribution in [0.25, 0.3) is 0 Å². The lowest BCUT2D eigenvalue weighted by atomic mass is 10.1. The molecule has 0 atom stereocenters. The summed E-state index contributed by atoms with van der Waals surface area (Å²) in [6.45, 7) is 0.176. The van der Waals surface area contributed by atoms with Crippen molar-refractivity contribution in [1.29, 1.82) is 0 Å². The molecule has 4 rings (SSSR count). The number of carbonyl (C=O) groups excluding carboxylic acids is 2. The molecule has 0 aliphatic carbocycles.